The van der Waals surface area contributed by atoms with E-state index in [0.29, 0.717) is 37.5 Å². The van der Waals surface area contributed by atoms with Crippen molar-refractivity contribution in [3.05, 3.63) is 60.2 Å². The van der Waals surface area contributed by atoms with E-state index >= 15 is 0 Å². The number of urea groups is 1. The molecule has 2 heterocycles. The number of benzene rings is 1. The standard InChI is InChI=1S/C25H29FN4O3/c26-22-17-19(8-10-23(22)33-21-7-4-12-27-18-21)9-11-24(31)29-13-15-30(16-14-29)25(32)28-20-5-2-1-3-6-20/h4,7-12,17-18,20H,1-3,5-6,13-16H2,(H,28,32)/b11-9+. The van der Waals surface area contributed by atoms with Crippen molar-refractivity contribution in [2.45, 2.75) is 38.1 Å². The lowest BCUT2D eigenvalue weighted by Gasteiger charge is -2.35. The van der Waals surface area contributed by atoms with Gasteiger partial charge in [-0.15, -0.1) is 0 Å². The van der Waals surface area contributed by atoms with Crippen molar-refractivity contribution in [3.8, 4) is 11.5 Å². The third-order valence-corrected chi connectivity index (χ3v) is 6.05. The predicted molar refractivity (Wildman–Crippen MR) is 123 cm³/mol. The fourth-order valence-corrected chi connectivity index (χ4v) is 4.15. The number of carbonyl (C=O) groups is 2. The van der Waals surface area contributed by atoms with Crippen LogP contribution in [0.2, 0.25) is 0 Å². The third kappa shape index (κ3) is 6.31. The van der Waals surface area contributed by atoms with Crippen LogP contribution in [0.3, 0.4) is 0 Å². The summed E-state index contributed by atoms with van der Waals surface area (Å²) >= 11 is 0. The number of aromatic nitrogens is 1. The van der Waals surface area contributed by atoms with Crippen LogP contribution in [-0.2, 0) is 4.79 Å². The largest absolute Gasteiger partial charge is 0.453 e. The number of piperazine rings is 1. The zero-order valence-corrected chi connectivity index (χ0v) is 18.6. The van der Waals surface area contributed by atoms with Gasteiger partial charge in [-0.2, -0.15) is 0 Å². The first-order valence-corrected chi connectivity index (χ1v) is 11.5. The minimum atomic E-state index is -0.522. The molecule has 1 aliphatic heterocycles. The van der Waals surface area contributed by atoms with Crippen molar-refractivity contribution < 1.29 is 18.7 Å². The lowest BCUT2D eigenvalue weighted by Crippen LogP contribution is -2.54. The topological polar surface area (TPSA) is 74.8 Å². The van der Waals surface area contributed by atoms with Gasteiger partial charge in [0.2, 0.25) is 5.91 Å². The Morgan fingerprint density at radius 1 is 1.06 bits per heavy atom. The molecule has 7 nitrogen and oxygen atoms in total. The van der Waals surface area contributed by atoms with Crippen molar-refractivity contribution in [1.29, 1.82) is 0 Å². The van der Waals surface area contributed by atoms with Crippen molar-refractivity contribution in [3.63, 3.8) is 0 Å². The Hall–Kier alpha value is -3.42. The van der Waals surface area contributed by atoms with Crippen LogP contribution in [0.1, 0.15) is 37.7 Å². The van der Waals surface area contributed by atoms with Crippen LogP contribution in [0.4, 0.5) is 9.18 Å². The quantitative estimate of drug-likeness (QED) is 0.690. The van der Waals surface area contributed by atoms with Gasteiger partial charge >= 0.3 is 6.03 Å². The minimum absolute atomic E-state index is 0.0337. The Kier molecular flexibility index (Phi) is 7.55. The lowest BCUT2D eigenvalue weighted by atomic mass is 9.96. The number of pyridine rings is 1. The number of carbonyl (C=O) groups excluding carboxylic acids is 2. The first kappa shape index (κ1) is 22.8. The highest BCUT2D eigenvalue weighted by molar-refractivity contribution is 5.92. The van der Waals surface area contributed by atoms with Gasteiger partial charge in [-0.25, -0.2) is 9.18 Å². The second kappa shape index (κ2) is 10.9. The minimum Gasteiger partial charge on any atom is -0.453 e. The van der Waals surface area contributed by atoms with Gasteiger partial charge in [0.25, 0.3) is 0 Å². The number of nitrogens with zero attached hydrogens (tertiary/aromatic N) is 3. The zero-order chi connectivity index (χ0) is 23.0. The average molecular weight is 453 g/mol. The fraction of sp³-hybridized carbons (Fsp3) is 0.400. The summed E-state index contributed by atoms with van der Waals surface area (Å²) in [5.41, 5.74) is 0.560. The fourth-order valence-electron chi connectivity index (χ4n) is 4.15. The molecule has 174 valence electrons. The molecule has 4 rings (SSSR count). The normalized spacial score (nSPS) is 17.2. The average Bonchev–Trinajstić information content (AvgIpc) is 2.85. The maximum atomic E-state index is 14.4. The number of ether oxygens (including phenoxy) is 1. The number of amides is 3. The predicted octanol–water partition coefficient (Wildman–Crippen LogP) is 4.21. The Balaban J connectivity index is 1.26. The van der Waals surface area contributed by atoms with Gasteiger partial charge in [-0.3, -0.25) is 9.78 Å². The second-order valence-electron chi connectivity index (χ2n) is 8.41. The van der Waals surface area contributed by atoms with E-state index in [2.05, 4.69) is 10.3 Å². The second-order valence-corrected chi connectivity index (χ2v) is 8.41. The highest BCUT2D eigenvalue weighted by Gasteiger charge is 2.25. The van der Waals surface area contributed by atoms with Crippen LogP contribution in [-0.4, -0.2) is 58.9 Å². The van der Waals surface area contributed by atoms with Crippen LogP contribution in [0.15, 0.2) is 48.8 Å². The molecule has 2 aromatic rings. The SMILES string of the molecule is O=C(/C=C/c1ccc(Oc2cccnc2)c(F)c1)N1CCN(C(=O)NC2CCCCC2)CC1. The number of nitrogens with one attached hydrogen (secondary N) is 1. The molecular weight excluding hydrogens is 423 g/mol. The van der Waals surface area contributed by atoms with Crippen LogP contribution >= 0.6 is 0 Å². The molecule has 1 N–H and O–H groups in total. The number of hydrogen-bond donors (Lipinski definition) is 1. The Bertz CT molecular complexity index is 984. The van der Waals surface area contributed by atoms with E-state index in [4.69, 9.17) is 4.74 Å². The monoisotopic (exact) mass is 452 g/mol. The van der Waals surface area contributed by atoms with Crippen molar-refractivity contribution in [2.75, 3.05) is 26.2 Å². The van der Waals surface area contributed by atoms with Crippen molar-refractivity contribution >= 4 is 18.0 Å². The Morgan fingerprint density at radius 2 is 1.82 bits per heavy atom. The van der Waals surface area contributed by atoms with Gasteiger partial charge in [-0.1, -0.05) is 25.3 Å². The molecule has 1 aromatic heterocycles. The van der Waals surface area contributed by atoms with E-state index in [-0.39, 0.29) is 23.7 Å². The van der Waals surface area contributed by atoms with Gasteiger partial charge in [-0.05, 0) is 48.7 Å². The molecule has 1 saturated carbocycles. The highest BCUT2D eigenvalue weighted by atomic mass is 19.1. The highest BCUT2D eigenvalue weighted by Crippen LogP contribution is 2.25. The van der Waals surface area contributed by atoms with Gasteiger partial charge in [0, 0.05) is 44.5 Å². The van der Waals surface area contributed by atoms with E-state index in [0.717, 1.165) is 12.8 Å². The molecule has 2 aliphatic rings. The summed E-state index contributed by atoms with van der Waals surface area (Å²) in [6, 6.07) is 8.17. The van der Waals surface area contributed by atoms with Crippen LogP contribution < -0.4 is 10.1 Å². The molecule has 3 amide bonds. The smallest absolute Gasteiger partial charge is 0.317 e. The number of hydrogen-bond acceptors (Lipinski definition) is 4. The van der Waals surface area contributed by atoms with Gasteiger partial charge in [0.1, 0.15) is 5.75 Å². The van der Waals surface area contributed by atoms with Gasteiger partial charge in [0.05, 0.1) is 6.20 Å². The summed E-state index contributed by atoms with van der Waals surface area (Å²) < 4.78 is 19.9. The van der Waals surface area contributed by atoms with Crippen LogP contribution in [0.5, 0.6) is 11.5 Å². The molecule has 1 aliphatic carbocycles. The summed E-state index contributed by atoms with van der Waals surface area (Å²) in [7, 11) is 0. The summed E-state index contributed by atoms with van der Waals surface area (Å²) in [5, 5.41) is 3.12. The summed E-state index contributed by atoms with van der Waals surface area (Å²) in [4.78, 5) is 32.4. The van der Waals surface area contributed by atoms with Crippen LogP contribution in [0.25, 0.3) is 6.08 Å². The summed E-state index contributed by atoms with van der Waals surface area (Å²) in [6.07, 6.45) is 11.8. The van der Waals surface area contributed by atoms with Gasteiger partial charge < -0.3 is 19.9 Å². The molecule has 0 radical (unpaired) electrons. The van der Waals surface area contributed by atoms with Crippen molar-refractivity contribution in [2.24, 2.45) is 0 Å². The lowest BCUT2D eigenvalue weighted by molar-refractivity contribution is -0.127. The molecule has 0 atom stereocenters. The van der Waals surface area contributed by atoms with E-state index in [1.165, 1.54) is 43.7 Å². The summed E-state index contributed by atoms with van der Waals surface area (Å²) in [6.45, 7) is 1.97. The third-order valence-electron chi connectivity index (χ3n) is 6.05. The molecule has 0 unspecified atom stereocenters. The maximum absolute atomic E-state index is 14.4. The van der Waals surface area contributed by atoms with E-state index in [9.17, 15) is 14.0 Å². The molecule has 1 saturated heterocycles. The van der Waals surface area contributed by atoms with E-state index in [1.807, 2.05) is 0 Å². The molecule has 0 spiro atoms. The summed E-state index contributed by atoms with van der Waals surface area (Å²) in [5.74, 6) is -0.139. The molecule has 8 heteroatoms. The zero-order valence-electron chi connectivity index (χ0n) is 18.6. The first-order valence-electron chi connectivity index (χ1n) is 11.5. The van der Waals surface area contributed by atoms with Crippen LogP contribution in [0, 0.1) is 5.82 Å². The molecular formula is C25H29FN4O3. The van der Waals surface area contributed by atoms with E-state index < -0.39 is 5.82 Å². The molecule has 33 heavy (non-hydrogen) atoms. The van der Waals surface area contributed by atoms with E-state index in [1.54, 1.807) is 40.3 Å². The Labute approximate surface area is 193 Å². The number of halogens is 1. The van der Waals surface area contributed by atoms with Crippen molar-refractivity contribution in [1.82, 2.24) is 20.1 Å². The maximum Gasteiger partial charge on any atom is 0.317 e. The first-order chi connectivity index (χ1) is 16.1. The molecule has 2 fully saturated rings. The van der Waals surface area contributed by atoms with Gasteiger partial charge in [0.15, 0.2) is 11.6 Å². The molecule has 1 aromatic carbocycles. The molecule has 0 bridgehead atoms. The Morgan fingerprint density at radius 3 is 2.52 bits per heavy atom. The number of rotatable bonds is 5.